The topological polar surface area (TPSA) is 42.4 Å². The second-order valence-electron chi connectivity index (χ2n) is 7.16. The fraction of sp³-hybridized carbons (Fsp3) is 0.500. The van der Waals surface area contributed by atoms with Crippen molar-refractivity contribution in [2.45, 2.75) is 33.1 Å². The molecule has 5 heteroatoms. The Kier molecular flexibility index (Phi) is 5.54. The van der Waals surface area contributed by atoms with Gasteiger partial charge in [0.15, 0.2) is 0 Å². The molecule has 3 heterocycles. The summed E-state index contributed by atoms with van der Waals surface area (Å²) in [5, 5.41) is 2.24. The molecule has 1 amide bonds. The van der Waals surface area contributed by atoms with Crippen molar-refractivity contribution >= 4 is 17.2 Å². The highest BCUT2D eigenvalue weighted by Crippen LogP contribution is 2.36. The number of methoxy groups -OCH3 is 1. The van der Waals surface area contributed by atoms with Crippen LogP contribution in [0.3, 0.4) is 0 Å². The lowest BCUT2D eigenvalue weighted by Crippen LogP contribution is -2.35. The predicted octanol–water partition coefficient (Wildman–Crippen LogP) is 3.87. The quantitative estimate of drug-likeness (QED) is 0.787. The van der Waals surface area contributed by atoms with Gasteiger partial charge in [-0.1, -0.05) is 0 Å². The maximum absolute atomic E-state index is 12.8. The molecule has 134 valence electrons. The molecule has 2 aromatic rings. The van der Waals surface area contributed by atoms with E-state index < -0.39 is 0 Å². The number of likely N-dealkylation sites (tertiary alicyclic amines) is 1. The highest BCUT2D eigenvalue weighted by molar-refractivity contribution is 7.10. The number of nitrogens with zero attached hydrogens (tertiary/aromatic N) is 2. The maximum Gasteiger partial charge on any atom is 0.255 e. The monoisotopic (exact) mass is 358 g/mol. The number of ether oxygens (including phenoxy) is 1. The zero-order valence-electron chi connectivity index (χ0n) is 15.2. The van der Waals surface area contributed by atoms with Crippen LogP contribution in [0, 0.1) is 19.3 Å². The third-order valence-corrected chi connectivity index (χ3v) is 5.97. The standard InChI is InChI=1S/C20H26N2O2S/c1-15-4-5-18(11-21-15)19(23)22-9-8-20(13-22,14-24-3)7-6-17-10-16(2)25-12-17/h4-5,10-12H,6-9,13-14H2,1-3H3/t20-/m1/s1. The van der Waals surface area contributed by atoms with Gasteiger partial charge in [-0.2, -0.15) is 0 Å². The fourth-order valence-corrected chi connectivity index (χ4v) is 4.37. The van der Waals surface area contributed by atoms with E-state index in [9.17, 15) is 4.79 Å². The van der Waals surface area contributed by atoms with Gasteiger partial charge in [0, 0.05) is 42.4 Å². The van der Waals surface area contributed by atoms with Gasteiger partial charge in [-0.3, -0.25) is 9.78 Å². The summed E-state index contributed by atoms with van der Waals surface area (Å²) in [6.07, 6.45) is 4.77. The summed E-state index contributed by atoms with van der Waals surface area (Å²) >= 11 is 1.80. The lowest BCUT2D eigenvalue weighted by molar-refractivity contribution is 0.0642. The first kappa shape index (κ1) is 18.1. The van der Waals surface area contributed by atoms with Crippen molar-refractivity contribution in [2.75, 3.05) is 26.8 Å². The van der Waals surface area contributed by atoms with Crippen LogP contribution in [0.5, 0.6) is 0 Å². The van der Waals surface area contributed by atoms with Crippen molar-refractivity contribution < 1.29 is 9.53 Å². The highest BCUT2D eigenvalue weighted by Gasteiger charge is 2.40. The van der Waals surface area contributed by atoms with Crippen LogP contribution in [-0.4, -0.2) is 42.6 Å². The molecule has 1 aliphatic heterocycles. The van der Waals surface area contributed by atoms with Gasteiger partial charge in [-0.05, 0) is 62.3 Å². The highest BCUT2D eigenvalue weighted by atomic mass is 32.1. The van der Waals surface area contributed by atoms with Crippen LogP contribution in [-0.2, 0) is 11.2 Å². The Morgan fingerprint density at radius 3 is 2.88 bits per heavy atom. The molecule has 0 saturated carbocycles. The molecular formula is C20H26N2O2S. The molecule has 4 nitrogen and oxygen atoms in total. The Balaban J connectivity index is 1.67. The van der Waals surface area contributed by atoms with E-state index in [0.717, 1.165) is 38.0 Å². The molecule has 0 aliphatic carbocycles. The number of hydrogen-bond acceptors (Lipinski definition) is 4. The molecule has 0 aromatic carbocycles. The van der Waals surface area contributed by atoms with Crippen LogP contribution in [0.15, 0.2) is 29.8 Å². The van der Waals surface area contributed by atoms with Gasteiger partial charge in [0.05, 0.1) is 12.2 Å². The molecule has 2 aromatic heterocycles. The zero-order chi connectivity index (χ0) is 17.9. The second kappa shape index (κ2) is 7.67. The number of pyridine rings is 1. The van der Waals surface area contributed by atoms with Crippen LogP contribution in [0.1, 0.15) is 39.3 Å². The summed E-state index contributed by atoms with van der Waals surface area (Å²) in [6, 6.07) is 6.03. The first-order chi connectivity index (χ1) is 12.0. The molecule has 0 bridgehead atoms. The molecule has 1 fully saturated rings. The predicted molar refractivity (Wildman–Crippen MR) is 101 cm³/mol. The number of amides is 1. The SMILES string of the molecule is COC[C@]1(CCc2csc(C)c2)CCN(C(=O)c2ccc(C)nc2)C1. The van der Waals surface area contributed by atoms with Gasteiger partial charge >= 0.3 is 0 Å². The Labute approximate surface area is 153 Å². The fourth-order valence-electron chi connectivity index (χ4n) is 3.62. The van der Waals surface area contributed by atoms with Crippen LogP contribution in [0.25, 0.3) is 0 Å². The average Bonchev–Trinajstić information content (AvgIpc) is 3.21. The molecule has 25 heavy (non-hydrogen) atoms. The van der Waals surface area contributed by atoms with Crippen molar-refractivity contribution in [3.8, 4) is 0 Å². The van der Waals surface area contributed by atoms with Gasteiger partial charge in [0.2, 0.25) is 0 Å². The number of carbonyl (C=O) groups excluding carboxylic acids is 1. The van der Waals surface area contributed by atoms with Gasteiger partial charge in [0.1, 0.15) is 0 Å². The molecule has 1 saturated heterocycles. The number of aromatic nitrogens is 1. The minimum atomic E-state index is 0.0539. The lowest BCUT2D eigenvalue weighted by Gasteiger charge is -2.28. The summed E-state index contributed by atoms with van der Waals surface area (Å²) in [5.74, 6) is 0.0804. The Morgan fingerprint density at radius 1 is 1.40 bits per heavy atom. The van der Waals surface area contributed by atoms with Gasteiger partial charge in [0.25, 0.3) is 5.91 Å². The molecular weight excluding hydrogens is 332 g/mol. The first-order valence-corrected chi connectivity index (χ1v) is 9.64. The van der Waals surface area contributed by atoms with Crippen LogP contribution in [0.4, 0.5) is 0 Å². The summed E-state index contributed by atoms with van der Waals surface area (Å²) in [5.41, 5.74) is 3.05. The van der Waals surface area contributed by atoms with E-state index in [2.05, 4.69) is 23.4 Å². The number of aryl methyl sites for hydroxylation is 3. The molecule has 3 rings (SSSR count). The molecule has 0 N–H and O–H groups in total. The van der Waals surface area contributed by atoms with E-state index in [0.29, 0.717) is 12.2 Å². The number of carbonyl (C=O) groups is 1. The van der Waals surface area contributed by atoms with Crippen LogP contribution in [0.2, 0.25) is 0 Å². The van der Waals surface area contributed by atoms with E-state index in [4.69, 9.17) is 4.74 Å². The first-order valence-electron chi connectivity index (χ1n) is 8.76. The summed E-state index contributed by atoms with van der Waals surface area (Å²) in [7, 11) is 1.75. The van der Waals surface area contributed by atoms with E-state index in [1.54, 1.807) is 24.6 Å². The van der Waals surface area contributed by atoms with Crippen molar-refractivity contribution in [1.29, 1.82) is 0 Å². The zero-order valence-corrected chi connectivity index (χ0v) is 16.1. The Hall–Kier alpha value is -1.72. The van der Waals surface area contributed by atoms with E-state index in [1.807, 2.05) is 24.0 Å². The molecule has 1 atom stereocenters. The molecule has 0 unspecified atom stereocenters. The van der Waals surface area contributed by atoms with Gasteiger partial charge < -0.3 is 9.64 Å². The number of thiophene rings is 1. The van der Waals surface area contributed by atoms with E-state index >= 15 is 0 Å². The van der Waals surface area contributed by atoms with E-state index in [1.165, 1.54) is 10.4 Å². The number of rotatable bonds is 6. The maximum atomic E-state index is 12.8. The van der Waals surface area contributed by atoms with Crippen molar-refractivity contribution in [3.63, 3.8) is 0 Å². The minimum Gasteiger partial charge on any atom is -0.384 e. The normalized spacial score (nSPS) is 20.2. The third-order valence-electron chi connectivity index (χ3n) is 5.06. The van der Waals surface area contributed by atoms with Crippen molar-refractivity contribution in [3.05, 3.63) is 51.5 Å². The van der Waals surface area contributed by atoms with Gasteiger partial charge in [-0.15, -0.1) is 11.3 Å². The Morgan fingerprint density at radius 2 is 2.24 bits per heavy atom. The van der Waals surface area contributed by atoms with Crippen molar-refractivity contribution in [1.82, 2.24) is 9.88 Å². The third kappa shape index (κ3) is 4.28. The number of hydrogen-bond donors (Lipinski definition) is 0. The second-order valence-corrected chi connectivity index (χ2v) is 8.28. The largest absolute Gasteiger partial charge is 0.384 e. The van der Waals surface area contributed by atoms with Crippen LogP contribution < -0.4 is 0 Å². The molecule has 0 radical (unpaired) electrons. The van der Waals surface area contributed by atoms with Crippen LogP contribution >= 0.6 is 11.3 Å². The Bertz CT molecular complexity index is 726. The minimum absolute atomic E-state index is 0.0539. The van der Waals surface area contributed by atoms with Crippen molar-refractivity contribution in [2.24, 2.45) is 5.41 Å². The average molecular weight is 359 g/mol. The summed E-state index contributed by atoms with van der Waals surface area (Å²) in [6.45, 7) is 6.33. The van der Waals surface area contributed by atoms with E-state index in [-0.39, 0.29) is 11.3 Å². The molecule has 1 aliphatic rings. The van der Waals surface area contributed by atoms with Gasteiger partial charge in [-0.25, -0.2) is 0 Å². The smallest absolute Gasteiger partial charge is 0.255 e. The molecule has 0 spiro atoms. The lowest BCUT2D eigenvalue weighted by atomic mass is 9.82. The summed E-state index contributed by atoms with van der Waals surface area (Å²) < 4.78 is 5.52. The summed E-state index contributed by atoms with van der Waals surface area (Å²) in [4.78, 5) is 20.3.